The Balaban J connectivity index is 1.56. The number of halogens is 1. The molecular formula is C21H23FN6O. The van der Waals surface area contributed by atoms with E-state index in [0.29, 0.717) is 34.9 Å². The zero-order valence-electron chi connectivity index (χ0n) is 15.9. The molecule has 8 heteroatoms. The van der Waals surface area contributed by atoms with E-state index in [1.807, 2.05) is 6.07 Å². The molecule has 4 rings (SSSR count). The molecule has 0 atom stereocenters. The maximum Gasteiger partial charge on any atom is 0.228 e. The monoisotopic (exact) mass is 394 g/mol. The molecule has 7 nitrogen and oxygen atoms in total. The van der Waals surface area contributed by atoms with E-state index < -0.39 is 5.82 Å². The fourth-order valence-electron chi connectivity index (χ4n) is 3.37. The maximum absolute atomic E-state index is 13.7. The number of ether oxygens (including phenoxy) is 1. The number of nitrogens with one attached hydrogen (secondary N) is 1. The second-order valence-electron chi connectivity index (χ2n) is 7.16. The minimum Gasteiger partial charge on any atom is -0.438 e. The zero-order chi connectivity index (χ0) is 20.2. The number of hydrogen-bond donors (Lipinski definition) is 3. The summed E-state index contributed by atoms with van der Waals surface area (Å²) in [6.07, 6.45) is 7.29. The van der Waals surface area contributed by atoms with E-state index in [2.05, 4.69) is 20.3 Å². The average Bonchev–Trinajstić information content (AvgIpc) is 2.73. The van der Waals surface area contributed by atoms with Gasteiger partial charge in [0.25, 0.3) is 0 Å². The molecule has 2 aromatic heterocycles. The lowest BCUT2D eigenvalue weighted by atomic mass is 9.92. The third-order valence-electron chi connectivity index (χ3n) is 4.99. The molecular weight excluding hydrogens is 371 g/mol. The first-order valence-electron chi connectivity index (χ1n) is 9.62. The smallest absolute Gasteiger partial charge is 0.228 e. The molecule has 1 aliphatic carbocycles. The number of anilines is 2. The Bertz CT molecular complexity index is 990. The first-order chi connectivity index (χ1) is 14.1. The number of nitrogens with two attached hydrogens (primary N) is 2. The van der Waals surface area contributed by atoms with Crippen LogP contribution in [0.2, 0.25) is 0 Å². The van der Waals surface area contributed by atoms with Crippen molar-refractivity contribution < 1.29 is 9.13 Å². The van der Waals surface area contributed by atoms with Crippen LogP contribution < -0.4 is 21.5 Å². The van der Waals surface area contributed by atoms with Gasteiger partial charge in [0.15, 0.2) is 0 Å². The van der Waals surface area contributed by atoms with Crippen molar-refractivity contribution in [1.29, 1.82) is 0 Å². The Hall–Kier alpha value is -3.26. The lowest BCUT2D eigenvalue weighted by Gasteiger charge is -2.26. The number of hydrogen-bond acceptors (Lipinski definition) is 7. The summed E-state index contributed by atoms with van der Waals surface area (Å²) in [5.41, 5.74) is 12.9. The molecule has 0 saturated heterocycles. The van der Waals surface area contributed by atoms with Gasteiger partial charge in [0, 0.05) is 30.5 Å². The predicted molar refractivity (Wildman–Crippen MR) is 110 cm³/mol. The van der Waals surface area contributed by atoms with Gasteiger partial charge < -0.3 is 21.5 Å². The highest BCUT2D eigenvalue weighted by atomic mass is 19.1. The van der Waals surface area contributed by atoms with Gasteiger partial charge >= 0.3 is 0 Å². The van der Waals surface area contributed by atoms with Gasteiger partial charge in [-0.25, -0.2) is 19.3 Å². The third-order valence-corrected chi connectivity index (χ3v) is 4.99. The van der Waals surface area contributed by atoms with Gasteiger partial charge in [-0.15, -0.1) is 0 Å². The summed E-state index contributed by atoms with van der Waals surface area (Å²) in [6.45, 7) is 0. The quantitative estimate of drug-likeness (QED) is 0.565. The summed E-state index contributed by atoms with van der Waals surface area (Å²) >= 11 is 0. The Kier molecular flexibility index (Phi) is 5.53. The van der Waals surface area contributed by atoms with Crippen LogP contribution >= 0.6 is 0 Å². The van der Waals surface area contributed by atoms with Gasteiger partial charge in [0.05, 0.1) is 16.9 Å². The van der Waals surface area contributed by atoms with Crippen LogP contribution in [0.3, 0.4) is 0 Å². The summed E-state index contributed by atoms with van der Waals surface area (Å²) in [5.74, 6) is 0.643. The van der Waals surface area contributed by atoms with E-state index >= 15 is 0 Å². The summed E-state index contributed by atoms with van der Waals surface area (Å²) in [6, 6.07) is 10.3. The molecule has 0 bridgehead atoms. The van der Waals surface area contributed by atoms with Crippen molar-refractivity contribution >= 4 is 11.6 Å². The molecule has 0 radical (unpaired) electrons. The van der Waals surface area contributed by atoms with E-state index in [1.54, 1.807) is 30.6 Å². The topological polar surface area (TPSA) is 112 Å². The van der Waals surface area contributed by atoms with E-state index in [9.17, 15) is 4.39 Å². The first kappa shape index (κ1) is 19.1. The summed E-state index contributed by atoms with van der Waals surface area (Å²) in [5, 5.41) is 3.39. The Labute approximate surface area is 168 Å². The molecule has 1 aromatic carbocycles. The third kappa shape index (κ3) is 4.60. The largest absolute Gasteiger partial charge is 0.438 e. The van der Waals surface area contributed by atoms with Crippen LogP contribution in [-0.4, -0.2) is 27.0 Å². The van der Waals surface area contributed by atoms with Crippen molar-refractivity contribution in [3.05, 3.63) is 54.6 Å². The first-order valence-corrected chi connectivity index (χ1v) is 9.62. The molecule has 0 spiro atoms. The predicted octanol–water partition coefficient (Wildman–Crippen LogP) is 3.73. The number of benzene rings is 1. The van der Waals surface area contributed by atoms with Crippen molar-refractivity contribution in [3.8, 4) is 22.9 Å². The van der Waals surface area contributed by atoms with Crippen molar-refractivity contribution in [1.82, 2.24) is 15.0 Å². The van der Waals surface area contributed by atoms with Crippen LogP contribution in [0.4, 0.5) is 16.0 Å². The number of aromatic nitrogens is 3. The maximum atomic E-state index is 13.7. The van der Waals surface area contributed by atoms with Crippen LogP contribution in [0.1, 0.15) is 25.7 Å². The second-order valence-corrected chi connectivity index (χ2v) is 7.16. The van der Waals surface area contributed by atoms with Gasteiger partial charge in [0.2, 0.25) is 11.8 Å². The molecule has 0 amide bonds. The van der Waals surface area contributed by atoms with E-state index in [-0.39, 0.29) is 11.7 Å². The van der Waals surface area contributed by atoms with Gasteiger partial charge in [-0.2, -0.15) is 0 Å². The van der Waals surface area contributed by atoms with E-state index in [1.165, 1.54) is 12.1 Å². The Morgan fingerprint density at radius 2 is 1.86 bits per heavy atom. The molecule has 3 aromatic rings. The minimum absolute atomic E-state index is 0.0637. The van der Waals surface area contributed by atoms with Crippen LogP contribution in [0, 0.1) is 5.82 Å². The fourth-order valence-corrected chi connectivity index (χ4v) is 3.37. The van der Waals surface area contributed by atoms with Gasteiger partial charge in [-0.05, 0) is 56.0 Å². The molecule has 5 N–H and O–H groups in total. The Morgan fingerprint density at radius 1 is 1.03 bits per heavy atom. The van der Waals surface area contributed by atoms with E-state index in [4.69, 9.17) is 16.2 Å². The summed E-state index contributed by atoms with van der Waals surface area (Å²) < 4.78 is 19.5. The number of nitrogen functional groups attached to an aromatic ring is 1. The molecule has 1 fully saturated rings. The standard InChI is InChI=1S/C21H23FN6O/c22-17-12-15(7-8-18(17)24)29-20-16(2-1-10-25-20)19-9-11-26-21(28-19)27-14-5-3-13(23)4-6-14/h1-2,7-14H,3-6,23-24H2,(H,26,27,28)/t13-,14-. The van der Waals surface area contributed by atoms with Crippen molar-refractivity contribution in [2.45, 2.75) is 37.8 Å². The molecule has 29 heavy (non-hydrogen) atoms. The lowest BCUT2D eigenvalue weighted by molar-refractivity contribution is 0.410. The second kappa shape index (κ2) is 8.40. The van der Waals surface area contributed by atoms with Crippen molar-refractivity contribution in [2.75, 3.05) is 11.1 Å². The Morgan fingerprint density at radius 3 is 2.66 bits per heavy atom. The van der Waals surface area contributed by atoms with E-state index in [0.717, 1.165) is 25.7 Å². The molecule has 2 heterocycles. The molecule has 0 unspecified atom stereocenters. The minimum atomic E-state index is -0.541. The van der Waals surface area contributed by atoms with Gasteiger partial charge in [-0.3, -0.25) is 0 Å². The highest BCUT2D eigenvalue weighted by Crippen LogP contribution is 2.31. The SMILES string of the molecule is Nc1ccc(Oc2ncccc2-c2ccnc(N[C@H]3CC[C@H](N)CC3)n2)cc1F. The summed E-state index contributed by atoms with van der Waals surface area (Å²) in [7, 11) is 0. The highest BCUT2D eigenvalue weighted by Gasteiger charge is 2.19. The van der Waals surface area contributed by atoms with Crippen LogP contribution in [0.25, 0.3) is 11.3 Å². The highest BCUT2D eigenvalue weighted by molar-refractivity contribution is 5.66. The lowest BCUT2D eigenvalue weighted by Crippen LogP contribution is -2.33. The van der Waals surface area contributed by atoms with Gasteiger partial charge in [-0.1, -0.05) is 0 Å². The number of rotatable bonds is 5. The fraction of sp³-hybridized carbons (Fsp3) is 0.286. The number of pyridine rings is 1. The molecule has 150 valence electrons. The van der Waals surface area contributed by atoms with Crippen molar-refractivity contribution in [3.63, 3.8) is 0 Å². The van der Waals surface area contributed by atoms with Crippen molar-refractivity contribution in [2.24, 2.45) is 5.73 Å². The molecule has 1 saturated carbocycles. The summed E-state index contributed by atoms with van der Waals surface area (Å²) in [4.78, 5) is 13.2. The molecule has 1 aliphatic rings. The number of nitrogens with zero attached hydrogens (tertiary/aromatic N) is 3. The van der Waals surface area contributed by atoms with Crippen LogP contribution in [0.5, 0.6) is 11.6 Å². The normalized spacial score (nSPS) is 19.0. The molecule has 0 aliphatic heterocycles. The van der Waals surface area contributed by atoms with Crippen LogP contribution in [-0.2, 0) is 0 Å². The van der Waals surface area contributed by atoms with Crippen LogP contribution in [0.15, 0.2) is 48.8 Å². The zero-order valence-corrected chi connectivity index (χ0v) is 15.9. The average molecular weight is 394 g/mol. The van der Waals surface area contributed by atoms with Gasteiger partial charge in [0.1, 0.15) is 11.6 Å².